The maximum Gasteiger partial charge on any atom is 0.328 e. The molecule has 25 heavy (non-hydrogen) atoms. The van der Waals surface area contributed by atoms with Crippen molar-refractivity contribution in [2.75, 3.05) is 18.4 Å². The van der Waals surface area contributed by atoms with Crippen LogP contribution in [0.3, 0.4) is 0 Å². The number of H-pyrrole nitrogens is 1. The van der Waals surface area contributed by atoms with Crippen LogP contribution in [-0.4, -0.2) is 32.6 Å². The van der Waals surface area contributed by atoms with Crippen molar-refractivity contribution in [2.24, 2.45) is 11.1 Å². The van der Waals surface area contributed by atoms with Crippen molar-refractivity contribution in [1.29, 1.82) is 0 Å². The number of anilines is 1. The van der Waals surface area contributed by atoms with E-state index in [2.05, 4.69) is 34.1 Å². The van der Waals surface area contributed by atoms with E-state index in [9.17, 15) is 4.79 Å². The van der Waals surface area contributed by atoms with Crippen LogP contribution in [0.1, 0.15) is 19.4 Å². The minimum absolute atomic E-state index is 0.0757. The summed E-state index contributed by atoms with van der Waals surface area (Å²) in [6.07, 6.45) is 1.60. The number of aromatic amines is 1. The summed E-state index contributed by atoms with van der Waals surface area (Å²) < 4.78 is 1.55. The molecule has 0 atom stereocenters. The van der Waals surface area contributed by atoms with Gasteiger partial charge in [-0.3, -0.25) is 4.57 Å². The molecule has 0 radical (unpaired) electrons. The Balaban J connectivity index is 1.93. The average Bonchev–Trinajstić information content (AvgIpc) is 2.90. The first-order valence-electron chi connectivity index (χ1n) is 8.02. The van der Waals surface area contributed by atoms with Crippen LogP contribution >= 0.6 is 11.6 Å². The molecule has 0 bridgehead atoms. The van der Waals surface area contributed by atoms with E-state index in [1.165, 1.54) is 0 Å². The van der Waals surface area contributed by atoms with E-state index in [4.69, 9.17) is 17.3 Å². The van der Waals surface area contributed by atoms with Gasteiger partial charge in [0, 0.05) is 11.6 Å². The second kappa shape index (κ2) is 6.85. The largest absolute Gasteiger partial charge is 0.354 e. The molecule has 7 nitrogen and oxygen atoms in total. The van der Waals surface area contributed by atoms with Crippen LogP contribution < -0.4 is 16.7 Å². The highest BCUT2D eigenvalue weighted by Gasteiger charge is 2.17. The number of aromatic nitrogens is 4. The van der Waals surface area contributed by atoms with E-state index in [1.54, 1.807) is 16.8 Å². The maximum atomic E-state index is 12.3. The van der Waals surface area contributed by atoms with E-state index in [1.807, 2.05) is 18.2 Å². The average molecular weight is 361 g/mol. The summed E-state index contributed by atoms with van der Waals surface area (Å²) >= 11 is 6.21. The van der Waals surface area contributed by atoms with Crippen molar-refractivity contribution in [3.05, 3.63) is 51.5 Å². The summed E-state index contributed by atoms with van der Waals surface area (Å²) in [5.41, 5.74) is 7.39. The normalized spacial score (nSPS) is 11.8. The molecule has 0 spiro atoms. The summed E-state index contributed by atoms with van der Waals surface area (Å²) in [5, 5.41) is 3.79. The van der Waals surface area contributed by atoms with E-state index >= 15 is 0 Å². The fourth-order valence-electron chi connectivity index (χ4n) is 2.36. The Morgan fingerprint density at radius 3 is 2.84 bits per heavy atom. The highest BCUT2D eigenvalue weighted by Crippen LogP contribution is 2.18. The lowest BCUT2D eigenvalue weighted by Crippen LogP contribution is -2.31. The summed E-state index contributed by atoms with van der Waals surface area (Å²) in [7, 11) is 0. The highest BCUT2D eigenvalue weighted by atomic mass is 35.5. The monoisotopic (exact) mass is 360 g/mol. The van der Waals surface area contributed by atoms with Crippen molar-refractivity contribution in [3.63, 3.8) is 0 Å². The third-order valence-corrected chi connectivity index (χ3v) is 4.44. The van der Waals surface area contributed by atoms with Gasteiger partial charge in [0.15, 0.2) is 5.65 Å². The molecule has 0 saturated heterocycles. The van der Waals surface area contributed by atoms with Gasteiger partial charge in [-0.1, -0.05) is 43.6 Å². The number of rotatable bonds is 6. The minimum Gasteiger partial charge on any atom is -0.354 e. The number of nitrogens with one attached hydrogen (secondary N) is 2. The first kappa shape index (κ1) is 17.4. The number of nitrogens with zero attached hydrogens (tertiary/aromatic N) is 3. The molecule has 2 heterocycles. The second-order valence-corrected chi connectivity index (χ2v) is 7.17. The van der Waals surface area contributed by atoms with Crippen LogP contribution in [0.5, 0.6) is 0 Å². The Hall–Kier alpha value is -2.38. The highest BCUT2D eigenvalue weighted by molar-refractivity contribution is 6.31. The fourth-order valence-corrected chi connectivity index (χ4v) is 2.56. The molecule has 0 aliphatic rings. The number of imidazole rings is 1. The van der Waals surface area contributed by atoms with Gasteiger partial charge in [-0.25, -0.2) is 9.78 Å². The molecule has 3 rings (SSSR count). The molecule has 0 amide bonds. The Labute approximate surface area is 150 Å². The van der Waals surface area contributed by atoms with Gasteiger partial charge < -0.3 is 16.0 Å². The van der Waals surface area contributed by atoms with Crippen molar-refractivity contribution in [1.82, 2.24) is 19.5 Å². The zero-order chi connectivity index (χ0) is 18.0. The van der Waals surface area contributed by atoms with Gasteiger partial charge in [0.05, 0.1) is 12.7 Å². The standard InChI is InChI=1S/C17H21ClN6O/c1-17(2,9-19)10-21-15-20-7-13-14(23-15)24(16(25)22-13)8-11-5-3-4-6-12(11)18/h3-7H,8-10,19H2,1-2H3,(H,22,25)(H,20,21,23). The maximum absolute atomic E-state index is 12.3. The summed E-state index contributed by atoms with van der Waals surface area (Å²) in [4.78, 5) is 23.8. The number of benzene rings is 1. The summed E-state index contributed by atoms with van der Waals surface area (Å²) in [6.45, 7) is 5.63. The zero-order valence-electron chi connectivity index (χ0n) is 14.2. The quantitative estimate of drug-likeness (QED) is 0.625. The van der Waals surface area contributed by atoms with Gasteiger partial charge in [-0.15, -0.1) is 0 Å². The van der Waals surface area contributed by atoms with Crippen LogP contribution in [0.4, 0.5) is 5.95 Å². The predicted molar refractivity (Wildman–Crippen MR) is 100 cm³/mol. The van der Waals surface area contributed by atoms with Crippen LogP contribution in [0.15, 0.2) is 35.3 Å². The lowest BCUT2D eigenvalue weighted by molar-refractivity contribution is 0.404. The zero-order valence-corrected chi connectivity index (χ0v) is 15.0. The van der Waals surface area contributed by atoms with Gasteiger partial charge in [0.1, 0.15) is 5.52 Å². The lowest BCUT2D eigenvalue weighted by Gasteiger charge is -2.22. The van der Waals surface area contributed by atoms with E-state index in [0.717, 1.165) is 5.56 Å². The van der Waals surface area contributed by atoms with Crippen LogP contribution in [0, 0.1) is 5.41 Å². The number of nitrogens with two attached hydrogens (primary N) is 1. The Morgan fingerprint density at radius 2 is 2.12 bits per heavy atom. The van der Waals surface area contributed by atoms with Gasteiger partial charge in [0.2, 0.25) is 5.95 Å². The first-order valence-corrected chi connectivity index (χ1v) is 8.40. The minimum atomic E-state index is -0.247. The van der Waals surface area contributed by atoms with Gasteiger partial charge >= 0.3 is 5.69 Å². The van der Waals surface area contributed by atoms with Gasteiger partial charge in [-0.05, 0) is 23.6 Å². The molecule has 0 unspecified atom stereocenters. The Kier molecular flexibility index (Phi) is 4.78. The molecule has 0 saturated carbocycles. The molecule has 0 aliphatic heterocycles. The van der Waals surface area contributed by atoms with E-state index in [-0.39, 0.29) is 11.1 Å². The van der Waals surface area contributed by atoms with Gasteiger partial charge in [0.25, 0.3) is 0 Å². The molecule has 4 N–H and O–H groups in total. The number of halogens is 1. The number of hydrogen-bond donors (Lipinski definition) is 3. The molecular weight excluding hydrogens is 340 g/mol. The lowest BCUT2D eigenvalue weighted by atomic mass is 9.94. The van der Waals surface area contributed by atoms with Crippen LogP contribution in [0.25, 0.3) is 11.2 Å². The third-order valence-electron chi connectivity index (χ3n) is 4.08. The third kappa shape index (κ3) is 3.83. The van der Waals surface area contributed by atoms with Crippen LogP contribution in [0.2, 0.25) is 5.02 Å². The molecule has 0 fully saturated rings. The molecule has 8 heteroatoms. The summed E-state index contributed by atoms with van der Waals surface area (Å²) in [6, 6.07) is 7.43. The molecule has 3 aromatic rings. The smallest absolute Gasteiger partial charge is 0.328 e. The Morgan fingerprint density at radius 1 is 1.36 bits per heavy atom. The predicted octanol–water partition coefficient (Wildman–Crippen LogP) is 2.22. The van der Waals surface area contributed by atoms with E-state index in [0.29, 0.717) is 41.8 Å². The second-order valence-electron chi connectivity index (χ2n) is 6.76. The molecular formula is C17H21ClN6O. The molecule has 0 aliphatic carbocycles. The van der Waals surface area contributed by atoms with E-state index < -0.39 is 0 Å². The molecule has 1 aromatic carbocycles. The molecule has 2 aromatic heterocycles. The van der Waals surface area contributed by atoms with Crippen LogP contribution in [-0.2, 0) is 6.54 Å². The van der Waals surface area contributed by atoms with Crippen molar-refractivity contribution < 1.29 is 0 Å². The van der Waals surface area contributed by atoms with Crippen molar-refractivity contribution >= 4 is 28.7 Å². The fraction of sp³-hybridized carbons (Fsp3) is 0.353. The van der Waals surface area contributed by atoms with Crippen molar-refractivity contribution in [2.45, 2.75) is 20.4 Å². The number of hydrogen-bond acceptors (Lipinski definition) is 5. The van der Waals surface area contributed by atoms with Crippen molar-refractivity contribution in [3.8, 4) is 0 Å². The number of fused-ring (bicyclic) bond motifs is 1. The first-order chi connectivity index (χ1) is 11.9. The SMILES string of the molecule is CC(C)(CN)CNc1ncc2[nH]c(=O)n(Cc3ccccc3Cl)c2n1. The molecule has 132 valence electrons. The summed E-state index contributed by atoms with van der Waals surface area (Å²) in [5.74, 6) is 0.459. The Bertz CT molecular complexity index is 946. The topological polar surface area (TPSA) is 102 Å². The van der Waals surface area contributed by atoms with Gasteiger partial charge in [-0.2, -0.15) is 4.98 Å².